The Kier molecular flexibility index (Phi) is 5.17. The van der Waals surface area contributed by atoms with Crippen LogP contribution in [0.5, 0.6) is 11.5 Å². The van der Waals surface area contributed by atoms with Crippen molar-refractivity contribution in [1.82, 2.24) is 5.32 Å². The van der Waals surface area contributed by atoms with Gasteiger partial charge in [0, 0.05) is 0 Å². The van der Waals surface area contributed by atoms with Crippen molar-refractivity contribution in [1.29, 1.82) is 5.26 Å². The molecule has 1 atom stereocenters. The Morgan fingerprint density at radius 2 is 1.94 bits per heavy atom. The fourth-order valence-electron chi connectivity index (χ4n) is 1.24. The fraction of sp³-hybridized carbons (Fsp3) is 0.417. The zero-order valence-corrected chi connectivity index (χ0v) is 9.56. The van der Waals surface area contributed by atoms with Gasteiger partial charge in [-0.15, -0.1) is 0 Å². The molecule has 0 fully saturated rings. The molecule has 16 heavy (non-hydrogen) atoms. The Labute approximate surface area is 95.8 Å². The number of methoxy groups -OCH3 is 1. The van der Waals surface area contributed by atoms with Crippen LogP contribution in [0.15, 0.2) is 24.3 Å². The Morgan fingerprint density at radius 1 is 1.31 bits per heavy atom. The van der Waals surface area contributed by atoms with Crippen molar-refractivity contribution in [3.63, 3.8) is 0 Å². The third kappa shape index (κ3) is 3.79. The first kappa shape index (κ1) is 12.3. The molecule has 0 aromatic heterocycles. The Balaban J connectivity index is 2.44. The molecular formula is C12H16N2O2. The first-order chi connectivity index (χ1) is 7.80. The van der Waals surface area contributed by atoms with Gasteiger partial charge in [0.15, 0.2) is 0 Å². The van der Waals surface area contributed by atoms with E-state index in [-0.39, 0.29) is 6.04 Å². The monoisotopic (exact) mass is 220 g/mol. The Bertz CT molecular complexity index is 343. The zero-order valence-electron chi connectivity index (χ0n) is 9.56. The van der Waals surface area contributed by atoms with E-state index < -0.39 is 0 Å². The summed E-state index contributed by atoms with van der Waals surface area (Å²) in [6.07, 6.45) is 0. The fourth-order valence-corrected chi connectivity index (χ4v) is 1.24. The van der Waals surface area contributed by atoms with Gasteiger partial charge >= 0.3 is 0 Å². The van der Waals surface area contributed by atoms with Crippen LogP contribution in [0.2, 0.25) is 0 Å². The summed E-state index contributed by atoms with van der Waals surface area (Å²) in [5, 5.41) is 11.8. The minimum atomic E-state index is -0.271. The largest absolute Gasteiger partial charge is 0.497 e. The lowest BCUT2D eigenvalue weighted by molar-refractivity contribution is 0.290. The number of nitriles is 1. The highest BCUT2D eigenvalue weighted by Crippen LogP contribution is 2.16. The molecule has 1 aromatic rings. The minimum absolute atomic E-state index is 0.271. The maximum Gasteiger partial charge on any atom is 0.130 e. The van der Waals surface area contributed by atoms with Crippen LogP contribution in [0.4, 0.5) is 0 Å². The van der Waals surface area contributed by atoms with Gasteiger partial charge in [-0.3, -0.25) is 5.32 Å². The van der Waals surface area contributed by atoms with Crippen molar-refractivity contribution in [3.8, 4) is 17.6 Å². The molecule has 0 amide bonds. The van der Waals surface area contributed by atoms with E-state index in [1.165, 1.54) is 0 Å². The maximum absolute atomic E-state index is 8.80. The summed E-state index contributed by atoms with van der Waals surface area (Å²) in [5.74, 6) is 1.52. The number of rotatable bonds is 6. The van der Waals surface area contributed by atoms with Crippen LogP contribution in [0.1, 0.15) is 6.92 Å². The topological polar surface area (TPSA) is 54.3 Å². The smallest absolute Gasteiger partial charge is 0.130 e. The van der Waals surface area contributed by atoms with Crippen LogP contribution in [0.25, 0.3) is 0 Å². The molecule has 1 N–H and O–H groups in total. The van der Waals surface area contributed by atoms with Gasteiger partial charge in [0.25, 0.3) is 0 Å². The van der Waals surface area contributed by atoms with E-state index in [1.807, 2.05) is 31.2 Å². The third-order valence-electron chi connectivity index (χ3n) is 2.08. The molecule has 0 aliphatic rings. The van der Waals surface area contributed by atoms with E-state index in [2.05, 4.69) is 11.4 Å². The van der Waals surface area contributed by atoms with Gasteiger partial charge in [-0.2, -0.15) is 5.26 Å². The molecule has 0 radical (unpaired) electrons. The summed E-state index contributed by atoms with van der Waals surface area (Å²) in [5.41, 5.74) is 0. The highest BCUT2D eigenvalue weighted by Gasteiger charge is 2.05. The van der Waals surface area contributed by atoms with Crippen LogP contribution in [-0.4, -0.2) is 26.3 Å². The first-order valence-corrected chi connectivity index (χ1v) is 5.20. The van der Waals surface area contributed by atoms with Crippen molar-refractivity contribution < 1.29 is 9.47 Å². The molecule has 86 valence electrons. The molecule has 1 rings (SSSR count). The number of benzene rings is 1. The molecule has 0 aliphatic carbocycles. The van der Waals surface area contributed by atoms with Gasteiger partial charge in [0.2, 0.25) is 0 Å². The average molecular weight is 220 g/mol. The molecule has 0 saturated carbocycles. The van der Waals surface area contributed by atoms with E-state index in [0.717, 1.165) is 18.0 Å². The van der Waals surface area contributed by atoms with Crippen molar-refractivity contribution >= 4 is 0 Å². The number of hydrogen-bond donors (Lipinski definition) is 1. The highest BCUT2D eigenvalue weighted by molar-refractivity contribution is 5.31. The summed E-state index contributed by atoms with van der Waals surface area (Å²) in [7, 11) is 1.62. The van der Waals surface area contributed by atoms with Gasteiger partial charge in [-0.05, 0) is 30.8 Å². The van der Waals surface area contributed by atoms with E-state index >= 15 is 0 Å². The lowest BCUT2D eigenvalue weighted by Crippen LogP contribution is -2.32. The summed E-state index contributed by atoms with van der Waals surface area (Å²) < 4.78 is 10.5. The van der Waals surface area contributed by atoms with Gasteiger partial charge in [0.05, 0.1) is 13.2 Å². The lowest BCUT2D eigenvalue weighted by atomic mass is 10.3. The molecule has 0 spiro atoms. The average Bonchev–Trinajstić information content (AvgIpc) is 2.35. The van der Waals surface area contributed by atoms with Gasteiger partial charge in [0.1, 0.15) is 24.1 Å². The second-order valence-electron chi connectivity index (χ2n) is 3.23. The first-order valence-electron chi connectivity index (χ1n) is 5.20. The van der Waals surface area contributed by atoms with Crippen molar-refractivity contribution in [2.45, 2.75) is 13.0 Å². The highest BCUT2D eigenvalue weighted by atomic mass is 16.5. The normalized spacial score (nSPS) is 11.6. The molecule has 0 heterocycles. The molecule has 0 bridgehead atoms. The SMILES string of the molecule is CCNC(C#N)COc1ccc(OC)cc1. The predicted molar refractivity (Wildman–Crippen MR) is 61.6 cm³/mol. The molecule has 1 unspecified atom stereocenters. The van der Waals surface area contributed by atoms with E-state index in [0.29, 0.717) is 6.61 Å². The van der Waals surface area contributed by atoms with Gasteiger partial charge < -0.3 is 9.47 Å². The summed E-state index contributed by atoms with van der Waals surface area (Å²) in [6, 6.07) is 9.15. The number of likely N-dealkylation sites (N-methyl/N-ethyl adjacent to an activating group) is 1. The number of nitrogens with one attached hydrogen (secondary N) is 1. The second-order valence-corrected chi connectivity index (χ2v) is 3.23. The van der Waals surface area contributed by atoms with Crippen molar-refractivity contribution in [3.05, 3.63) is 24.3 Å². The second kappa shape index (κ2) is 6.70. The molecule has 1 aromatic carbocycles. The maximum atomic E-state index is 8.80. The van der Waals surface area contributed by atoms with Gasteiger partial charge in [-0.25, -0.2) is 0 Å². The lowest BCUT2D eigenvalue weighted by Gasteiger charge is -2.11. The van der Waals surface area contributed by atoms with Crippen LogP contribution in [-0.2, 0) is 0 Å². The number of nitrogens with zero attached hydrogens (tertiary/aromatic N) is 1. The minimum Gasteiger partial charge on any atom is -0.497 e. The Morgan fingerprint density at radius 3 is 2.44 bits per heavy atom. The van der Waals surface area contributed by atoms with Crippen LogP contribution < -0.4 is 14.8 Å². The summed E-state index contributed by atoms with van der Waals surface area (Å²) >= 11 is 0. The summed E-state index contributed by atoms with van der Waals surface area (Å²) in [4.78, 5) is 0. The standard InChI is InChI=1S/C12H16N2O2/c1-3-14-10(8-13)9-16-12-6-4-11(15-2)5-7-12/h4-7,10,14H,3,9H2,1-2H3. The third-order valence-corrected chi connectivity index (χ3v) is 2.08. The van der Waals surface area contributed by atoms with Crippen LogP contribution >= 0.6 is 0 Å². The zero-order chi connectivity index (χ0) is 11.8. The van der Waals surface area contributed by atoms with Crippen LogP contribution in [0.3, 0.4) is 0 Å². The molecule has 4 nitrogen and oxygen atoms in total. The molecular weight excluding hydrogens is 204 g/mol. The van der Waals surface area contributed by atoms with Crippen molar-refractivity contribution in [2.24, 2.45) is 0 Å². The van der Waals surface area contributed by atoms with E-state index in [9.17, 15) is 0 Å². The summed E-state index contributed by atoms with van der Waals surface area (Å²) in [6.45, 7) is 3.05. The van der Waals surface area contributed by atoms with Crippen molar-refractivity contribution in [2.75, 3.05) is 20.3 Å². The Hall–Kier alpha value is -1.73. The number of ether oxygens (including phenoxy) is 2. The number of hydrogen-bond acceptors (Lipinski definition) is 4. The van der Waals surface area contributed by atoms with Crippen LogP contribution in [0, 0.1) is 11.3 Å². The van der Waals surface area contributed by atoms with E-state index in [4.69, 9.17) is 14.7 Å². The molecule has 0 aliphatic heterocycles. The molecule has 4 heteroatoms. The molecule has 0 saturated heterocycles. The van der Waals surface area contributed by atoms with Gasteiger partial charge in [-0.1, -0.05) is 6.92 Å². The van der Waals surface area contributed by atoms with E-state index in [1.54, 1.807) is 7.11 Å². The predicted octanol–water partition coefficient (Wildman–Crippen LogP) is 1.58. The quantitative estimate of drug-likeness (QED) is 0.790.